The third kappa shape index (κ3) is 3.47. The molecule has 0 saturated carbocycles. The summed E-state index contributed by atoms with van der Waals surface area (Å²) in [7, 11) is 0. The molecular formula is C20H19ClN6O2. The molecule has 1 aromatic carbocycles. The Kier molecular flexibility index (Phi) is 4.79. The highest BCUT2D eigenvalue weighted by atomic mass is 35.5. The number of hydrogen-bond donors (Lipinski definition) is 1. The first kappa shape index (κ1) is 19.1. The zero-order chi connectivity index (χ0) is 20.7. The zero-order valence-electron chi connectivity index (χ0n) is 16.2. The van der Waals surface area contributed by atoms with Gasteiger partial charge < -0.3 is 9.88 Å². The lowest BCUT2D eigenvalue weighted by molar-refractivity contribution is 0.0750. The largest absolute Gasteiger partial charge is 0.331 e. The predicted octanol–water partition coefficient (Wildman–Crippen LogP) is 2.90. The van der Waals surface area contributed by atoms with E-state index in [0.717, 1.165) is 11.4 Å². The molecule has 0 bridgehead atoms. The zero-order valence-corrected chi connectivity index (χ0v) is 17.0. The molecule has 8 nitrogen and oxygen atoms in total. The predicted molar refractivity (Wildman–Crippen MR) is 110 cm³/mol. The summed E-state index contributed by atoms with van der Waals surface area (Å²) in [6.07, 6.45) is 1.52. The second-order valence-corrected chi connectivity index (χ2v) is 7.26. The molecule has 4 rings (SSSR count). The number of carbonyl (C=O) groups is 1. The average Bonchev–Trinajstić information content (AvgIpc) is 3.09. The molecule has 0 aliphatic carbocycles. The van der Waals surface area contributed by atoms with Gasteiger partial charge in [0.25, 0.3) is 11.5 Å². The minimum absolute atomic E-state index is 0.148. The molecule has 29 heavy (non-hydrogen) atoms. The number of fused-ring (bicyclic) bond motifs is 2. The first-order valence-electron chi connectivity index (χ1n) is 9.17. The number of aryl methyl sites for hydroxylation is 2. The van der Waals surface area contributed by atoms with Gasteiger partial charge in [0.15, 0.2) is 5.65 Å². The Bertz CT molecular complexity index is 1310. The fourth-order valence-electron chi connectivity index (χ4n) is 3.34. The van der Waals surface area contributed by atoms with Gasteiger partial charge in [-0.3, -0.25) is 9.59 Å². The summed E-state index contributed by atoms with van der Waals surface area (Å²) in [6, 6.07) is 6.81. The van der Waals surface area contributed by atoms with E-state index in [2.05, 4.69) is 20.1 Å². The van der Waals surface area contributed by atoms with Crippen molar-refractivity contribution in [3.05, 3.63) is 68.6 Å². The highest BCUT2D eigenvalue weighted by molar-refractivity contribution is 6.31. The molecule has 1 amide bonds. The van der Waals surface area contributed by atoms with Gasteiger partial charge in [-0.1, -0.05) is 11.6 Å². The van der Waals surface area contributed by atoms with E-state index in [1.54, 1.807) is 27.6 Å². The topological polar surface area (TPSA) is 96.2 Å². The van der Waals surface area contributed by atoms with Crippen molar-refractivity contribution in [1.29, 1.82) is 0 Å². The van der Waals surface area contributed by atoms with E-state index in [9.17, 15) is 9.59 Å². The monoisotopic (exact) mass is 410 g/mol. The quantitative estimate of drug-likeness (QED) is 0.558. The molecule has 0 radical (unpaired) electrons. The molecule has 0 fully saturated rings. The maximum Gasteiger partial charge on any atom is 0.259 e. The summed E-state index contributed by atoms with van der Waals surface area (Å²) in [4.78, 5) is 38.8. The van der Waals surface area contributed by atoms with Crippen LogP contribution < -0.4 is 5.56 Å². The number of H-pyrrole nitrogens is 1. The van der Waals surface area contributed by atoms with Crippen LogP contribution in [0.3, 0.4) is 0 Å². The van der Waals surface area contributed by atoms with E-state index >= 15 is 0 Å². The normalized spacial score (nSPS) is 11.3. The van der Waals surface area contributed by atoms with Crippen LogP contribution in [-0.4, -0.2) is 41.9 Å². The van der Waals surface area contributed by atoms with Crippen molar-refractivity contribution in [2.24, 2.45) is 0 Å². The molecule has 0 unspecified atom stereocenters. The van der Waals surface area contributed by atoms with Crippen molar-refractivity contribution in [2.75, 3.05) is 6.54 Å². The number of hydrogen-bond acceptors (Lipinski definition) is 5. The molecule has 0 atom stereocenters. The fraction of sp³-hybridized carbons (Fsp3) is 0.250. The third-order valence-electron chi connectivity index (χ3n) is 4.74. The van der Waals surface area contributed by atoms with Crippen LogP contribution in [-0.2, 0) is 6.54 Å². The van der Waals surface area contributed by atoms with Gasteiger partial charge in [0.05, 0.1) is 23.6 Å². The number of aromatic nitrogens is 5. The minimum Gasteiger partial charge on any atom is -0.331 e. The van der Waals surface area contributed by atoms with Crippen LogP contribution in [0.15, 0.2) is 35.3 Å². The Morgan fingerprint density at radius 3 is 2.79 bits per heavy atom. The average molecular weight is 411 g/mol. The van der Waals surface area contributed by atoms with E-state index in [4.69, 9.17) is 11.6 Å². The first-order chi connectivity index (χ1) is 13.9. The number of nitrogens with zero attached hydrogens (tertiary/aromatic N) is 5. The molecule has 1 N–H and O–H groups in total. The second-order valence-electron chi connectivity index (χ2n) is 6.83. The van der Waals surface area contributed by atoms with Gasteiger partial charge in [-0.2, -0.15) is 5.10 Å². The highest BCUT2D eigenvalue weighted by Crippen LogP contribution is 2.17. The maximum atomic E-state index is 13.2. The molecule has 9 heteroatoms. The van der Waals surface area contributed by atoms with E-state index in [1.165, 1.54) is 6.20 Å². The van der Waals surface area contributed by atoms with Gasteiger partial charge in [0.2, 0.25) is 0 Å². The summed E-state index contributed by atoms with van der Waals surface area (Å²) in [5.41, 5.74) is 2.84. The van der Waals surface area contributed by atoms with Gasteiger partial charge in [-0.25, -0.2) is 14.5 Å². The number of nitrogens with one attached hydrogen (secondary N) is 1. The maximum absolute atomic E-state index is 13.2. The lowest BCUT2D eigenvalue weighted by Gasteiger charge is -2.20. The molecule has 0 spiro atoms. The van der Waals surface area contributed by atoms with Crippen molar-refractivity contribution in [1.82, 2.24) is 29.5 Å². The van der Waals surface area contributed by atoms with E-state index in [0.29, 0.717) is 39.5 Å². The molecule has 3 aromatic heterocycles. The van der Waals surface area contributed by atoms with Gasteiger partial charge in [0, 0.05) is 23.0 Å². The van der Waals surface area contributed by atoms with Gasteiger partial charge >= 0.3 is 0 Å². The van der Waals surface area contributed by atoms with Crippen LogP contribution in [0.5, 0.6) is 0 Å². The summed E-state index contributed by atoms with van der Waals surface area (Å²) in [5, 5.41) is 5.23. The number of rotatable bonds is 4. The Balaban J connectivity index is 1.71. The van der Waals surface area contributed by atoms with Gasteiger partial charge in [-0.15, -0.1) is 0 Å². The van der Waals surface area contributed by atoms with Crippen molar-refractivity contribution in [3.63, 3.8) is 0 Å². The Hall–Kier alpha value is -3.26. The van der Waals surface area contributed by atoms with Crippen LogP contribution in [0.1, 0.15) is 34.5 Å². The fourth-order valence-corrected chi connectivity index (χ4v) is 3.50. The van der Waals surface area contributed by atoms with Crippen molar-refractivity contribution < 1.29 is 4.79 Å². The lowest BCUT2D eigenvalue weighted by atomic mass is 10.2. The Morgan fingerprint density at radius 1 is 1.24 bits per heavy atom. The van der Waals surface area contributed by atoms with E-state index in [1.807, 2.05) is 26.8 Å². The standard InChI is InChI=1S/C20H19ClN6O2/c1-4-26(10-17-24-16-8-13(21)5-6-14(16)19(28)25-17)20(29)15-9-22-27-12(3)7-11(2)23-18(15)27/h5-9H,4,10H2,1-3H3,(H,24,25,28). The summed E-state index contributed by atoms with van der Waals surface area (Å²) in [5.74, 6) is 0.158. The third-order valence-corrected chi connectivity index (χ3v) is 4.97. The van der Waals surface area contributed by atoms with Crippen molar-refractivity contribution in [3.8, 4) is 0 Å². The summed E-state index contributed by atoms with van der Waals surface area (Å²) >= 11 is 6.02. The van der Waals surface area contributed by atoms with E-state index < -0.39 is 0 Å². The number of carbonyl (C=O) groups excluding carboxylic acids is 1. The molecule has 0 saturated heterocycles. The first-order valence-corrected chi connectivity index (χ1v) is 9.55. The summed E-state index contributed by atoms with van der Waals surface area (Å²) in [6.45, 7) is 6.23. The number of aromatic amines is 1. The minimum atomic E-state index is -0.269. The molecule has 148 valence electrons. The smallest absolute Gasteiger partial charge is 0.259 e. The highest BCUT2D eigenvalue weighted by Gasteiger charge is 2.21. The number of benzene rings is 1. The Labute approximate surface area is 171 Å². The molecule has 0 aliphatic heterocycles. The molecule has 4 aromatic rings. The number of halogens is 1. The van der Waals surface area contributed by atoms with Crippen molar-refractivity contribution >= 4 is 34.1 Å². The molecule has 3 heterocycles. The summed E-state index contributed by atoms with van der Waals surface area (Å²) < 4.78 is 1.65. The van der Waals surface area contributed by atoms with E-state index in [-0.39, 0.29) is 18.0 Å². The van der Waals surface area contributed by atoms with Crippen LogP contribution in [0.2, 0.25) is 5.02 Å². The van der Waals surface area contributed by atoms with Gasteiger partial charge in [0.1, 0.15) is 11.4 Å². The molecule has 0 aliphatic rings. The van der Waals surface area contributed by atoms with Crippen molar-refractivity contribution in [2.45, 2.75) is 27.3 Å². The van der Waals surface area contributed by atoms with Crippen LogP contribution in [0.4, 0.5) is 0 Å². The SMILES string of the molecule is CCN(Cc1nc2cc(Cl)ccc2c(=O)[nH]1)C(=O)c1cnn2c(C)cc(C)nc12. The molecular weight excluding hydrogens is 392 g/mol. The lowest BCUT2D eigenvalue weighted by Crippen LogP contribution is -2.32. The number of amides is 1. The van der Waals surface area contributed by atoms with Crippen LogP contribution in [0, 0.1) is 13.8 Å². The van der Waals surface area contributed by atoms with Crippen LogP contribution in [0.25, 0.3) is 16.6 Å². The van der Waals surface area contributed by atoms with Crippen LogP contribution >= 0.6 is 11.6 Å². The van der Waals surface area contributed by atoms with Gasteiger partial charge in [-0.05, 0) is 45.0 Å². The Morgan fingerprint density at radius 2 is 2.03 bits per heavy atom. The second kappa shape index (κ2) is 7.29.